The number of nitrogens with one attached hydrogen (secondary N) is 3. The van der Waals surface area contributed by atoms with E-state index in [-0.39, 0.29) is 46.7 Å². The van der Waals surface area contributed by atoms with Crippen LogP contribution in [0, 0.1) is 12.8 Å². The smallest absolute Gasteiger partial charge is 0.421 e. The lowest BCUT2D eigenvalue weighted by Crippen LogP contribution is -2.52. The normalized spacial score (nSPS) is 15.6. The second-order valence-corrected chi connectivity index (χ2v) is 12.5. The lowest BCUT2D eigenvalue weighted by Gasteiger charge is -2.35. The van der Waals surface area contributed by atoms with E-state index < -0.39 is 29.6 Å². The van der Waals surface area contributed by atoms with Gasteiger partial charge in [0.2, 0.25) is 17.7 Å². The van der Waals surface area contributed by atoms with E-state index in [1.165, 1.54) is 38.4 Å². The van der Waals surface area contributed by atoms with E-state index in [1.54, 1.807) is 29.7 Å². The highest BCUT2D eigenvalue weighted by Gasteiger charge is 2.36. The molecule has 3 N–H and O–H groups in total. The molecule has 1 aliphatic carbocycles. The number of carbonyl (C=O) groups is 3. The number of methoxy groups -OCH3 is 1. The Labute approximate surface area is 293 Å². The molecule has 1 saturated carbocycles. The zero-order chi connectivity index (χ0) is 36.9. The van der Waals surface area contributed by atoms with Gasteiger partial charge in [-0.2, -0.15) is 18.2 Å². The van der Waals surface area contributed by atoms with E-state index in [9.17, 15) is 27.6 Å². The number of anilines is 5. The van der Waals surface area contributed by atoms with E-state index in [0.717, 1.165) is 25.7 Å². The number of hydrogen-bond acceptors (Lipinski definition) is 10. The molecule has 0 spiro atoms. The Kier molecular flexibility index (Phi) is 11.3. The molecule has 2 aromatic heterocycles. The van der Waals surface area contributed by atoms with Crippen LogP contribution in [0.25, 0.3) is 0 Å². The largest absolute Gasteiger partial charge is 0.481 e. The van der Waals surface area contributed by atoms with Crippen LogP contribution >= 0.6 is 0 Å². The molecule has 1 aliphatic heterocycles. The maximum absolute atomic E-state index is 14.2. The standard InChI is InChI=1S/C35H41F3N8O5/c1-20-18-39-30(50-5)17-28(20)43-34-40-19-26(35(36,37)38)31(44-34)41-27-11-10-25(16-29(27)42-32(48)21(2)24-8-6-7-9-24)51-22(3)33(49)46-14-12-45(13-15-46)23(4)47/h10-11,16-19,22,24H,2,6-9,12-15H2,1,3-5H3,(H,42,48)(H2,39,40,41,43,44)/t22-/m0/s1. The van der Waals surface area contributed by atoms with Gasteiger partial charge in [-0.3, -0.25) is 14.4 Å². The van der Waals surface area contributed by atoms with Crippen molar-refractivity contribution in [3.8, 4) is 11.6 Å². The Morgan fingerprint density at radius 2 is 1.65 bits per heavy atom. The number of ether oxygens (including phenoxy) is 2. The predicted octanol–water partition coefficient (Wildman–Crippen LogP) is 5.84. The summed E-state index contributed by atoms with van der Waals surface area (Å²) in [5.41, 5.74) is 0.521. The second kappa shape index (κ2) is 15.6. The third-order valence-corrected chi connectivity index (χ3v) is 8.96. The van der Waals surface area contributed by atoms with Crippen molar-refractivity contribution in [3.05, 3.63) is 59.9 Å². The quantitative estimate of drug-likeness (QED) is 0.207. The molecule has 3 amide bonds. The van der Waals surface area contributed by atoms with Crippen molar-refractivity contribution < 1.29 is 37.0 Å². The van der Waals surface area contributed by atoms with Gasteiger partial charge in [0.1, 0.15) is 17.1 Å². The zero-order valence-corrected chi connectivity index (χ0v) is 28.9. The number of halogens is 3. The number of aryl methyl sites for hydroxylation is 1. The number of carbonyl (C=O) groups excluding carboxylic acids is 3. The molecule has 272 valence electrons. The molecule has 16 heteroatoms. The van der Waals surface area contributed by atoms with E-state index in [0.29, 0.717) is 49.2 Å². The van der Waals surface area contributed by atoms with Gasteiger partial charge >= 0.3 is 6.18 Å². The molecule has 3 heterocycles. The summed E-state index contributed by atoms with van der Waals surface area (Å²) in [7, 11) is 1.44. The highest BCUT2D eigenvalue weighted by atomic mass is 19.4. The molecule has 2 aliphatic rings. The summed E-state index contributed by atoms with van der Waals surface area (Å²) in [6.45, 7) is 10.3. The van der Waals surface area contributed by atoms with Gasteiger partial charge in [-0.15, -0.1) is 0 Å². The van der Waals surface area contributed by atoms with Crippen molar-refractivity contribution in [1.29, 1.82) is 0 Å². The summed E-state index contributed by atoms with van der Waals surface area (Å²) in [4.78, 5) is 53.7. The number of aromatic nitrogens is 3. The Bertz CT molecular complexity index is 1790. The average molecular weight is 711 g/mol. The summed E-state index contributed by atoms with van der Waals surface area (Å²) >= 11 is 0. The molecule has 1 saturated heterocycles. The minimum atomic E-state index is -4.83. The number of hydrogen-bond donors (Lipinski definition) is 3. The van der Waals surface area contributed by atoms with E-state index >= 15 is 0 Å². The fourth-order valence-electron chi connectivity index (χ4n) is 5.97. The topological polar surface area (TPSA) is 151 Å². The Balaban J connectivity index is 1.43. The van der Waals surface area contributed by atoms with Crippen LogP contribution < -0.4 is 25.4 Å². The highest BCUT2D eigenvalue weighted by Crippen LogP contribution is 2.38. The Hall–Kier alpha value is -5.41. The van der Waals surface area contributed by atoms with Crippen LogP contribution in [0.3, 0.4) is 0 Å². The molecule has 5 rings (SSSR count). The summed E-state index contributed by atoms with van der Waals surface area (Å²) in [6.07, 6.45) is -0.00116. The number of benzene rings is 1. The number of nitrogens with zero attached hydrogens (tertiary/aromatic N) is 5. The number of piperazine rings is 1. The minimum Gasteiger partial charge on any atom is -0.481 e. The van der Waals surface area contributed by atoms with Crippen molar-refractivity contribution >= 4 is 46.5 Å². The number of amides is 3. The SMILES string of the molecule is C=C(C(=O)Nc1cc(O[C@@H](C)C(=O)N2CCN(C(C)=O)CC2)ccc1Nc1nc(Nc2cc(OC)ncc2C)ncc1C(F)(F)F)C1CCCC1. The molecule has 1 atom stereocenters. The van der Waals surface area contributed by atoms with E-state index in [4.69, 9.17) is 9.47 Å². The van der Waals surface area contributed by atoms with Crippen molar-refractivity contribution in [2.75, 3.05) is 49.2 Å². The van der Waals surface area contributed by atoms with Crippen molar-refractivity contribution in [2.45, 2.75) is 58.7 Å². The van der Waals surface area contributed by atoms with Crippen LogP contribution in [0.15, 0.2) is 48.8 Å². The monoisotopic (exact) mass is 710 g/mol. The third-order valence-electron chi connectivity index (χ3n) is 8.96. The van der Waals surface area contributed by atoms with Crippen LogP contribution in [0.4, 0.5) is 42.0 Å². The van der Waals surface area contributed by atoms with Gasteiger partial charge in [-0.05, 0) is 50.3 Å². The molecule has 13 nitrogen and oxygen atoms in total. The third kappa shape index (κ3) is 9.04. The van der Waals surface area contributed by atoms with Gasteiger partial charge in [-0.1, -0.05) is 19.4 Å². The predicted molar refractivity (Wildman–Crippen MR) is 184 cm³/mol. The first-order valence-electron chi connectivity index (χ1n) is 16.6. The molecular formula is C35H41F3N8O5. The summed E-state index contributed by atoms with van der Waals surface area (Å²) in [6, 6.07) is 5.89. The molecule has 2 fully saturated rings. The molecule has 1 aromatic carbocycles. The second-order valence-electron chi connectivity index (χ2n) is 12.5. The first-order valence-corrected chi connectivity index (χ1v) is 16.6. The average Bonchev–Trinajstić information content (AvgIpc) is 3.64. The number of pyridine rings is 1. The van der Waals surface area contributed by atoms with Crippen LogP contribution in [-0.4, -0.2) is 81.9 Å². The fourth-order valence-corrected chi connectivity index (χ4v) is 5.97. The first-order chi connectivity index (χ1) is 24.2. The number of alkyl halides is 3. The Morgan fingerprint density at radius 1 is 0.961 bits per heavy atom. The molecule has 0 radical (unpaired) electrons. The van der Waals surface area contributed by atoms with E-state index in [1.807, 2.05) is 0 Å². The van der Waals surface area contributed by atoms with Gasteiger partial charge in [0.05, 0.1) is 24.2 Å². The van der Waals surface area contributed by atoms with Crippen LogP contribution in [0.2, 0.25) is 0 Å². The fraction of sp³-hybridized carbons (Fsp3) is 0.429. The summed E-state index contributed by atoms with van der Waals surface area (Å²) < 4.78 is 53.9. The summed E-state index contributed by atoms with van der Waals surface area (Å²) in [5, 5.41) is 8.44. The number of rotatable bonds is 11. The minimum absolute atomic E-state index is 0.00967. The molecular weight excluding hydrogens is 669 g/mol. The van der Waals surface area contributed by atoms with Gasteiger partial charge in [0.25, 0.3) is 11.8 Å². The molecule has 0 bridgehead atoms. The Morgan fingerprint density at radius 3 is 2.29 bits per heavy atom. The maximum atomic E-state index is 14.2. The van der Waals surface area contributed by atoms with Crippen LogP contribution in [-0.2, 0) is 20.6 Å². The molecule has 51 heavy (non-hydrogen) atoms. The van der Waals surface area contributed by atoms with Crippen molar-refractivity contribution in [3.63, 3.8) is 0 Å². The summed E-state index contributed by atoms with van der Waals surface area (Å²) in [5.74, 6) is -1.10. The van der Waals surface area contributed by atoms with Gasteiger partial charge in [0, 0.05) is 63.2 Å². The maximum Gasteiger partial charge on any atom is 0.421 e. The van der Waals surface area contributed by atoms with Crippen molar-refractivity contribution in [2.24, 2.45) is 5.92 Å². The lowest BCUT2D eigenvalue weighted by atomic mass is 9.98. The van der Waals surface area contributed by atoms with Crippen LogP contribution in [0.5, 0.6) is 11.6 Å². The molecule has 0 unspecified atom stereocenters. The zero-order valence-electron chi connectivity index (χ0n) is 28.9. The van der Waals surface area contributed by atoms with Gasteiger partial charge in [0.15, 0.2) is 6.10 Å². The van der Waals surface area contributed by atoms with Crippen LogP contribution in [0.1, 0.15) is 50.7 Å². The van der Waals surface area contributed by atoms with Gasteiger partial charge < -0.3 is 35.2 Å². The first kappa shape index (κ1) is 36.9. The lowest BCUT2D eigenvalue weighted by molar-refractivity contribution is -0.143. The van der Waals surface area contributed by atoms with Gasteiger partial charge in [-0.25, -0.2) is 9.97 Å². The highest BCUT2D eigenvalue weighted by molar-refractivity contribution is 6.05. The van der Waals surface area contributed by atoms with Crippen molar-refractivity contribution in [1.82, 2.24) is 24.8 Å². The van der Waals surface area contributed by atoms with E-state index in [2.05, 4.69) is 37.5 Å². The molecule has 3 aromatic rings.